The Kier molecular flexibility index (Phi) is 7.35. The average molecular weight is 391 g/mol. The normalized spacial score (nSPS) is 11.7. The summed E-state index contributed by atoms with van der Waals surface area (Å²) < 4.78 is 5.98. The molecule has 1 amide bonds. The number of carbonyl (C=O) groups excluding carboxylic acids is 1. The van der Waals surface area contributed by atoms with Crippen LogP contribution in [0, 0.1) is 3.57 Å². The number of hydrogen-bond donors (Lipinski definition) is 2. The number of unbranched alkanes of at least 4 members (excludes halogenated alkanes) is 1. The maximum Gasteiger partial charge on any atom is 0.407 e. The Hall–Kier alpha value is -1.31. The van der Waals surface area contributed by atoms with Gasteiger partial charge in [0.25, 0.3) is 0 Å². The second-order valence-corrected chi connectivity index (χ2v) is 5.60. The van der Waals surface area contributed by atoms with Crippen LogP contribution < -0.4 is 5.32 Å². The lowest BCUT2D eigenvalue weighted by Gasteiger charge is -2.14. The highest BCUT2D eigenvalue weighted by molar-refractivity contribution is 14.1. The number of carboxylic acid groups (broad SMARTS) is 1. The summed E-state index contributed by atoms with van der Waals surface area (Å²) in [6.45, 7) is 2.29. The molecule has 0 aliphatic rings. The van der Waals surface area contributed by atoms with Crippen molar-refractivity contribution < 1.29 is 19.4 Å². The molecule has 0 saturated heterocycles. The fourth-order valence-electron chi connectivity index (χ4n) is 1.55. The average Bonchev–Trinajstić information content (AvgIpc) is 2.40. The Bertz CT molecular complexity index is 447. The fourth-order valence-corrected chi connectivity index (χ4v) is 1.91. The summed E-state index contributed by atoms with van der Waals surface area (Å²) in [6.07, 6.45) is 1.23. The third kappa shape index (κ3) is 6.23. The minimum absolute atomic E-state index is 0.231. The predicted molar refractivity (Wildman–Crippen MR) is 83.7 cm³/mol. The summed E-state index contributed by atoms with van der Waals surface area (Å²) in [5.41, 5.74) is 0.853. The van der Waals surface area contributed by atoms with E-state index in [-0.39, 0.29) is 6.42 Å². The van der Waals surface area contributed by atoms with Crippen LogP contribution in [0.25, 0.3) is 0 Å². The lowest BCUT2D eigenvalue weighted by Crippen LogP contribution is -2.42. The van der Waals surface area contributed by atoms with Gasteiger partial charge in [-0.15, -0.1) is 0 Å². The third-order valence-electron chi connectivity index (χ3n) is 2.67. The molecule has 0 spiro atoms. The summed E-state index contributed by atoms with van der Waals surface area (Å²) in [5.74, 6) is -1.07. The van der Waals surface area contributed by atoms with Gasteiger partial charge < -0.3 is 15.2 Å². The molecule has 6 heteroatoms. The Labute approximate surface area is 131 Å². The highest BCUT2D eigenvalue weighted by atomic mass is 127. The van der Waals surface area contributed by atoms with Gasteiger partial charge in [0, 0.05) is 9.99 Å². The summed E-state index contributed by atoms with van der Waals surface area (Å²) in [6, 6.07) is 6.51. The highest BCUT2D eigenvalue weighted by Crippen LogP contribution is 2.09. The summed E-state index contributed by atoms with van der Waals surface area (Å²) in [7, 11) is 0. The largest absolute Gasteiger partial charge is 0.480 e. The molecule has 0 radical (unpaired) electrons. The summed E-state index contributed by atoms with van der Waals surface area (Å²) >= 11 is 2.18. The lowest BCUT2D eigenvalue weighted by molar-refractivity contribution is -0.139. The molecule has 0 unspecified atom stereocenters. The fraction of sp³-hybridized carbons (Fsp3) is 0.429. The van der Waals surface area contributed by atoms with Gasteiger partial charge in [-0.05, 0) is 46.7 Å². The standard InChI is InChI=1S/C14H18INO4/c1-2-3-8-20-14(19)16-12(13(17)18)9-10-4-6-11(15)7-5-10/h4-7,12H,2-3,8-9H2,1H3,(H,16,19)(H,17,18)/t12-/m0/s1. The van der Waals surface area contributed by atoms with Crippen LogP contribution in [0.5, 0.6) is 0 Å². The molecule has 110 valence electrons. The first kappa shape index (κ1) is 16.7. The minimum Gasteiger partial charge on any atom is -0.480 e. The van der Waals surface area contributed by atoms with Crippen LogP contribution in [0.3, 0.4) is 0 Å². The van der Waals surface area contributed by atoms with Gasteiger partial charge in [0.15, 0.2) is 0 Å². The molecule has 20 heavy (non-hydrogen) atoms. The van der Waals surface area contributed by atoms with Crippen LogP contribution in [-0.2, 0) is 16.0 Å². The van der Waals surface area contributed by atoms with E-state index in [1.165, 1.54) is 0 Å². The maximum absolute atomic E-state index is 11.5. The molecular formula is C14H18INO4. The first-order valence-electron chi connectivity index (χ1n) is 6.43. The second-order valence-electron chi connectivity index (χ2n) is 4.36. The summed E-state index contributed by atoms with van der Waals surface area (Å²) in [4.78, 5) is 22.6. The van der Waals surface area contributed by atoms with Crippen LogP contribution in [0.2, 0.25) is 0 Å². The van der Waals surface area contributed by atoms with Gasteiger partial charge in [0.1, 0.15) is 6.04 Å². The van der Waals surface area contributed by atoms with E-state index in [2.05, 4.69) is 27.9 Å². The van der Waals surface area contributed by atoms with Gasteiger partial charge in [0.05, 0.1) is 6.61 Å². The molecule has 0 aliphatic heterocycles. The van der Waals surface area contributed by atoms with Gasteiger partial charge >= 0.3 is 12.1 Å². The van der Waals surface area contributed by atoms with Crippen molar-refractivity contribution in [3.8, 4) is 0 Å². The predicted octanol–water partition coefficient (Wildman–Crippen LogP) is 2.81. The van der Waals surface area contributed by atoms with E-state index in [0.717, 1.165) is 22.0 Å². The zero-order valence-corrected chi connectivity index (χ0v) is 13.4. The van der Waals surface area contributed by atoms with Crippen molar-refractivity contribution in [3.63, 3.8) is 0 Å². The van der Waals surface area contributed by atoms with Gasteiger partial charge in [-0.1, -0.05) is 25.5 Å². The van der Waals surface area contributed by atoms with Crippen molar-refractivity contribution in [1.82, 2.24) is 5.32 Å². The van der Waals surface area contributed by atoms with Crippen molar-refractivity contribution in [3.05, 3.63) is 33.4 Å². The molecule has 1 aromatic carbocycles. The Balaban J connectivity index is 2.54. The van der Waals surface area contributed by atoms with E-state index in [4.69, 9.17) is 9.84 Å². The Morgan fingerprint density at radius 2 is 2.00 bits per heavy atom. The number of nitrogens with one attached hydrogen (secondary N) is 1. The number of rotatable bonds is 7. The Morgan fingerprint density at radius 3 is 2.55 bits per heavy atom. The van der Waals surface area contributed by atoms with Gasteiger partial charge in [-0.25, -0.2) is 9.59 Å². The molecule has 0 saturated carbocycles. The number of carboxylic acids is 1. The van der Waals surface area contributed by atoms with Crippen molar-refractivity contribution in [2.75, 3.05) is 6.61 Å². The molecule has 1 rings (SSSR count). The molecule has 0 aromatic heterocycles. The van der Waals surface area contributed by atoms with Crippen LogP contribution in [0.15, 0.2) is 24.3 Å². The number of aliphatic carboxylic acids is 1. The number of carbonyl (C=O) groups is 2. The van der Waals surface area contributed by atoms with Gasteiger partial charge in [-0.3, -0.25) is 0 Å². The second kappa shape index (κ2) is 8.78. The number of amides is 1. The minimum atomic E-state index is -1.07. The Morgan fingerprint density at radius 1 is 1.35 bits per heavy atom. The van der Waals surface area contributed by atoms with Crippen LogP contribution in [0.4, 0.5) is 4.79 Å². The van der Waals surface area contributed by atoms with E-state index in [1.807, 2.05) is 31.2 Å². The summed E-state index contributed by atoms with van der Waals surface area (Å²) in [5, 5.41) is 11.5. The quantitative estimate of drug-likeness (QED) is 0.554. The highest BCUT2D eigenvalue weighted by Gasteiger charge is 2.21. The van der Waals surface area contributed by atoms with Crippen LogP contribution in [0.1, 0.15) is 25.3 Å². The van der Waals surface area contributed by atoms with Crippen molar-refractivity contribution >= 4 is 34.7 Å². The smallest absolute Gasteiger partial charge is 0.407 e. The molecule has 0 bridgehead atoms. The molecule has 0 aliphatic carbocycles. The number of alkyl carbamates (subject to hydrolysis) is 1. The SMILES string of the molecule is CCCCOC(=O)N[C@@H](Cc1ccc(I)cc1)C(=O)O. The van der Waals surface area contributed by atoms with E-state index in [9.17, 15) is 9.59 Å². The molecular weight excluding hydrogens is 373 g/mol. The van der Waals surface area contributed by atoms with Crippen LogP contribution in [-0.4, -0.2) is 29.8 Å². The monoisotopic (exact) mass is 391 g/mol. The third-order valence-corrected chi connectivity index (χ3v) is 3.39. The van der Waals surface area contributed by atoms with Crippen molar-refractivity contribution in [2.24, 2.45) is 0 Å². The molecule has 1 aromatic rings. The molecule has 1 atom stereocenters. The topological polar surface area (TPSA) is 75.6 Å². The van der Waals surface area contributed by atoms with Gasteiger partial charge in [0.2, 0.25) is 0 Å². The molecule has 0 heterocycles. The molecule has 0 fully saturated rings. The molecule has 2 N–H and O–H groups in total. The van der Waals surface area contributed by atoms with E-state index in [0.29, 0.717) is 6.61 Å². The van der Waals surface area contributed by atoms with Crippen molar-refractivity contribution in [1.29, 1.82) is 0 Å². The number of halogens is 1. The van der Waals surface area contributed by atoms with E-state index < -0.39 is 18.1 Å². The first-order chi connectivity index (χ1) is 9.52. The number of ether oxygens (including phenoxy) is 1. The first-order valence-corrected chi connectivity index (χ1v) is 7.51. The number of hydrogen-bond acceptors (Lipinski definition) is 3. The number of benzene rings is 1. The van der Waals surface area contributed by atoms with E-state index >= 15 is 0 Å². The zero-order chi connectivity index (χ0) is 15.0. The lowest BCUT2D eigenvalue weighted by atomic mass is 10.1. The zero-order valence-electron chi connectivity index (χ0n) is 11.3. The van der Waals surface area contributed by atoms with E-state index in [1.54, 1.807) is 0 Å². The molecule has 5 nitrogen and oxygen atoms in total. The van der Waals surface area contributed by atoms with Crippen LogP contribution >= 0.6 is 22.6 Å². The van der Waals surface area contributed by atoms with Gasteiger partial charge in [-0.2, -0.15) is 0 Å². The van der Waals surface area contributed by atoms with Crippen molar-refractivity contribution in [2.45, 2.75) is 32.2 Å². The maximum atomic E-state index is 11.5.